The van der Waals surface area contributed by atoms with Crippen LogP contribution in [0, 0.1) is 16.0 Å². The summed E-state index contributed by atoms with van der Waals surface area (Å²) in [5, 5.41) is 10.6. The summed E-state index contributed by atoms with van der Waals surface area (Å²) in [4.78, 5) is 10.1. The van der Waals surface area contributed by atoms with Crippen LogP contribution < -0.4 is 5.73 Å². The van der Waals surface area contributed by atoms with E-state index in [-0.39, 0.29) is 11.4 Å². The molecule has 1 aromatic carbocycles. The third kappa shape index (κ3) is 3.20. The molecule has 0 unspecified atom stereocenters. The van der Waals surface area contributed by atoms with Crippen molar-refractivity contribution in [1.29, 1.82) is 0 Å². The topological polar surface area (TPSA) is 78.4 Å². The molecule has 1 aliphatic carbocycles. The summed E-state index contributed by atoms with van der Waals surface area (Å²) in [5.41, 5.74) is 6.64. The van der Waals surface area contributed by atoms with Crippen molar-refractivity contribution in [2.75, 3.05) is 12.3 Å². The number of hydrogen-bond donors (Lipinski definition) is 1. The zero-order valence-electron chi connectivity index (χ0n) is 10.3. The minimum atomic E-state index is -0.476. The van der Waals surface area contributed by atoms with Gasteiger partial charge in [-0.3, -0.25) is 10.1 Å². The monoisotopic (exact) mass is 250 g/mol. The van der Waals surface area contributed by atoms with Crippen molar-refractivity contribution in [3.63, 3.8) is 0 Å². The van der Waals surface area contributed by atoms with Gasteiger partial charge in [-0.15, -0.1) is 0 Å². The Morgan fingerprint density at radius 3 is 2.78 bits per heavy atom. The van der Waals surface area contributed by atoms with Crippen LogP contribution in [0.1, 0.15) is 31.2 Å². The zero-order valence-corrected chi connectivity index (χ0v) is 10.3. The van der Waals surface area contributed by atoms with Crippen molar-refractivity contribution in [3.05, 3.63) is 33.9 Å². The Labute approximate surface area is 106 Å². The summed E-state index contributed by atoms with van der Waals surface area (Å²) < 4.78 is 5.56. The zero-order chi connectivity index (χ0) is 13.0. The van der Waals surface area contributed by atoms with Gasteiger partial charge < -0.3 is 10.5 Å². The van der Waals surface area contributed by atoms with Crippen LogP contribution >= 0.6 is 0 Å². The lowest BCUT2D eigenvalue weighted by Crippen LogP contribution is -2.13. The predicted molar refractivity (Wildman–Crippen MR) is 69.1 cm³/mol. The Bertz CT molecular complexity index is 430. The maximum Gasteiger partial charge on any atom is 0.292 e. The van der Waals surface area contributed by atoms with Crippen LogP contribution in [-0.4, -0.2) is 11.5 Å². The maximum atomic E-state index is 10.6. The number of benzene rings is 1. The first kappa shape index (κ1) is 12.8. The predicted octanol–water partition coefficient (Wildman–Crippen LogP) is 2.88. The van der Waals surface area contributed by atoms with Crippen molar-refractivity contribution >= 4 is 11.4 Å². The molecule has 0 bridgehead atoms. The van der Waals surface area contributed by atoms with Crippen molar-refractivity contribution < 1.29 is 9.66 Å². The first-order chi connectivity index (χ1) is 8.66. The van der Waals surface area contributed by atoms with E-state index in [9.17, 15) is 10.1 Å². The summed E-state index contributed by atoms with van der Waals surface area (Å²) >= 11 is 0. The largest absolute Gasteiger partial charge is 0.393 e. The van der Waals surface area contributed by atoms with Gasteiger partial charge in [-0.1, -0.05) is 19.3 Å². The lowest BCUT2D eigenvalue weighted by atomic mass is 9.83. The molecule has 1 aliphatic rings. The first-order valence-corrected chi connectivity index (χ1v) is 6.27. The van der Waals surface area contributed by atoms with E-state index in [4.69, 9.17) is 10.5 Å². The first-order valence-electron chi connectivity index (χ1n) is 6.27. The second-order valence-electron chi connectivity index (χ2n) is 4.79. The van der Waals surface area contributed by atoms with E-state index in [1.54, 1.807) is 12.1 Å². The summed E-state index contributed by atoms with van der Waals surface area (Å²) in [6, 6.07) is 4.74. The van der Waals surface area contributed by atoms with Gasteiger partial charge in [0.2, 0.25) is 0 Å². The van der Waals surface area contributed by atoms with Gasteiger partial charge in [0.15, 0.2) is 0 Å². The summed E-state index contributed by atoms with van der Waals surface area (Å²) in [7, 11) is 0. The number of hydrogen-bond acceptors (Lipinski definition) is 4. The standard InChI is InChI=1S/C13H18N2O3/c14-12-8-11(4-5-13(12)15(16)17)9-18-7-6-10-2-1-3-10/h4-5,8,10H,1-3,6-7,9,14H2. The number of nitro benzene ring substituents is 1. The Morgan fingerprint density at radius 1 is 1.44 bits per heavy atom. The molecular weight excluding hydrogens is 232 g/mol. The fourth-order valence-corrected chi connectivity index (χ4v) is 2.08. The van der Waals surface area contributed by atoms with Gasteiger partial charge in [0.1, 0.15) is 5.69 Å². The fourth-order valence-electron chi connectivity index (χ4n) is 2.08. The lowest BCUT2D eigenvalue weighted by Gasteiger charge is -2.24. The van der Waals surface area contributed by atoms with Gasteiger partial charge in [0, 0.05) is 12.7 Å². The van der Waals surface area contributed by atoms with Crippen LogP contribution in [0.15, 0.2) is 18.2 Å². The van der Waals surface area contributed by atoms with Crippen LogP contribution in [0.4, 0.5) is 11.4 Å². The number of nitrogens with two attached hydrogens (primary N) is 1. The van der Waals surface area contributed by atoms with E-state index in [1.807, 2.05) is 0 Å². The van der Waals surface area contributed by atoms with Crippen LogP contribution in [0.25, 0.3) is 0 Å². The number of ether oxygens (including phenoxy) is 1. The third-order valence-corrected chi connectivity index (χ3v) is 3.45. The van der Waals surface area contributed by atoms with Gasteiger partial charge >= 0.3 is 0 Å². The maximum absolute atomic E-state index is 10.6. The highest BCUT2D eigenvalue weighted by molar-refractivity contribution is 5.59. The number of nitrogen functional groups attached to an aromatic ring is 1. The van der Waals surface area contributed by atoms with Crippen molar-refractivity contribution in [3.8, 4) is 0 Å². The molecule has 0 atom stereocenters. The lowest BCUT2D eigenvalue weighted by molar-refractivity contribution is -0.383. The molecule has 0 aliphatic heterocycles. The van der Waals surface area contributed by atoms with Crippen LogP contribution in [0.5, 0.6) is 0 Å². The van der Waals surface area contributed by atoms with Gasteiger partial charge in [-0.2, -0.15) is 0 Å². The Balaban J connectivity index is 1.78. The number of nitrogens with zero attached hydrogens (tertiary/aromatic N) is 1. The molecule has 0 aromatic heterocycles. The highest BCUT2D eigenvalue weighted by Crippen LogP contribution is 2.29. The van der Waals surface area contributed by atoms with E-state index in [2.05, 4.69) is 0 Å². The van der Waals surface area contributed by atoms with E-state index in [0.29, 0.717) is 6.61 Å². The van der Waals surface area contributed by atoms with E-state index >= 15 is 0 Å². The molecule has 18 heavy (non-hydrogen) atoms. The number of nitro groups is 1. The quantitative estimate of drug-likeness (QED) is 0.364. The molecule has 0 amide bonds. The van der Waals surface area contributed by atoms with Crippen molar-refractivity contribution in [1.82, 2.24) is 0 Å². The van der Waals surface area contributed by atoms with Gasteiger partial charge in [0.05, 0.1) is 11.5 Å². The van der Waals surface area contributed by atoms with Gasteiger partial charge in [-0.25, -0.2) is 0 Å². The second-order valence-corrected chi connectivity index (χ2v) is 4.79. The fraction of sp³-hybridized carbons (Fsp3) is 0.538. The minimum Gasteiger partial charge on any atom is -0.393 e. The Morgan fingerprint density at radius 2 is 2.22 bits per heavy atom. The van der Waals surface area contributed by atoms with Crippen LogP contribution in [0.3, 0.4) is 0 Å². The molecule has 2 N–H and O–H groups in total. The summed E-state index contributed by atoms with van der Waals surface area (Å²) in [5.74, 6) is 0.840. The second kappa shape index (κ2) is 5.82. The molecule has 5 heteroatoms. The Hall–Kier alpha value is -1.62. The third-order valence-electron chi connectivity index (χ3n) is 3.45. The highest BCUT2D eigenvalue weighted by Gasteiger charge is 2.16. The molecule has 5 nitrogen and oxygen atoms in total. The molecule has 1 fully saturated rings. The average molecular weight is 250 g/mol. The SMILES string of the molecule is Nc1cc(COCCC2CCC2)ccc1[N+](=O)[O-]. The van der Waals surface area contributed by atoms with E-state index < -0.39 is 4.92 Å². The smallest absolute Gasteiger partial charge is 0.292 e. The molecule has 0 spiro atoms. The van der Waals surface area contributed by atoms with Crippen molar-refractivity contribution in [2.24, 2.45) is 5.92 Å². The summed E-state index contributed by atoms with van der Waals surface area (Å²) in [6.07, 6.45) is 5.12. The molecule has 1 aromatic rings. The molecule has 1 saturated carbocycles. The highest BCUT2D eigenvalue weighted by atomic mass is 16.6. The van der Waals surface area contributed by atoms with Gasteiger partial charge in [0.25, 0.3) is 5.69 Å². The van der Waals surface area contributed by atoms with Crippen molar-refractivity contribution in [2.45, 2.75) is 32.3 Å². The normalized spacial score (nSPS) is 15.3. The minimum absolute atomic E-state index is 0.0479. The molecule has 0 heterocycles. The van der Waals surface area contributed by atoms with Crippen LogP contribution in [-0.2, 0) is 11.3 Å². The van der Waals surface area contributed by atoms with E-state index in [1.165, 1.54) is 25.3 Å². The molecule has 0 radical (unpaired) electrons. The van der Waals surface area contributed by atoms with Crippen LogP contribution in [0.2, 0.25) is 0 Å². The number of rotatable bonds is 6. The average Bonchev–Trinajstić information content (AvgIpc) is 2.26. The molecule has 98 valence electrons. The summed E-state index contributed by atoms with van der Waals surface area (Å²) in [6.45, 7) is 1.22. The molecular formula is C13H18N2O3. The van der Waals surface area contributed by atoms with Gasteiger partial charge in [-0.05, 0) is 30.0 Å². The molecule has 2 rings (SSSR count). The van der Waals surface area contributed by atoms with E-state index in [0.717, 1.165) is 24.5 Å². The Kier molecular flexibility index (Phi) is 4.15. The number of anilines is 1. The molecule has 0 saturated heterocycles.